The Bertz CT molecular complexity index is 684. The first-order chi connectivity index (χ1) is 11.5. The van der Waals surface area contributed by atoms with Gasteiger partial charge in [-0.1, -0.05) is 26.0 Å². The highest BCUT2D eigenvalue weighted by molar-refractivity contribution is 6.08. The predicted octanol–water partition coefficient (Wildman–Crippen LogP) is 1.62. The zero-order valence-electron chi connectivity index (χ0n) is 13.7. The number of carbonyl (C=O) groups excluding carboxylic acids is 3. The van der Waals surface area contributed by atoms with Crippen LogP contribution in [0.25, 0.3) is 0 Å². The number of hydrazine groups is 1. The second kappa shape index (κ2) is 5.41. The number of imide groups is 1. The summed E-state index contributed by atoms with van der Waals surface area (Å²) in [6, 6.07) is 7.19. The molecule has 0 saturated carbocycles. The number of ether oxygens (including phenoxy) is 1. The van der Waals surface area contributed by atoms with E-state index in [1.807, 2.05) is 12.1 Å². The lowest BCUT2D eigenvalue weighted by molar-refractivity contribution is -0.145. The van der Waals surface area contributed by atoms with Crippen LogP contribution in [0.3, 0.4) is 0 Å². The van der Waals surface area contributed by atoms with E-state index in [1.54, 1.807) is 12.1 Å². The summed E-state index contributed by atoms with van der Waals surface area (Å²) < 4.78 is 5.67. The Balaban J connectivity index is 1.50. The Kier molecular flexibility index (Phi) is 3.46. The van der Waals surface area contributed by atoms with Gasteiger partial charge in [-0.3, -0.25) is 19.8 Å². The van der Waals surface area contributed by atoms with Gasteiger partial charge >= 0.3 is 0 Å². The van der Waals surface area contributed by atoms with Gasteiger partial charge in [-0.15, -0.1) is 0 Å². The van der Waals surface area contributed by atoms with E-state index >= 15 is 0 Å². The second-order valence-electron chi connectivity index (χ2n) is 7.07. The van der Waals surface area contributed by atoms with E-state index in [9.17, 15) is 14.4 Å². The summed E-state index contributed by atoms with van der Waals surface area (Å²) in [5, 5.41) is 0.905. The quantitative estimate of drug-likeness (QED) is 0.856. The van der Waals surface area contributed by atoms with Crippen molar-refractivity contribution in [3.05, 3.63) is 35.4 Å². The summed E-state index contributed by atoms with van der Waals surface area (Å²) in [6.07, 6.45) is 1.26. The van der Waals surface area contributed by atoms with Crippen molar-refractivity contribution < 1.29 is 19.1 Å². The Labute approximate surface area is 140 Å². The molecule has 3 aliphatic heterocycles. The van der Waals surface area contributed by atoms with Gasteiger partial charge in [0, 0.05) is 5.56 Å². The SMILES string of the molecule is CC(C)c1ccc(C(=O)NN2C(=O)[C@@H]3[C@@H](C2=O)[C@H]2CC[C@@H]3O2)cc1. The number of nitrogens with zero attached hydrogens (tertiary/aromatic N) is 1. The Morgan fingerprint density at radius 3 is 2.12 bits per heavy atom. The molecule has 4 rings (SSSR count). The lowest BCUT2D eigenvalue weighted by Gasteiger charge is -2.18. The molecule has 3 heterocycles. The van der Waals surface area contributed by atoms with Crippen LogP contribution in [0.4, 0.5) is 0 Å². The Hall–Kier alpha value is -2.21. The molecule has 0 radical (unpaired) electrons. The number of amides is 3. The minimum absolute atomic E-state index is 0.177. The number of nitrogens with one attached hydrogen (secondary N) is 1. The molecule has 0 spiro atoms. The molecule has 24 heavy (non-hydrogen) atoms. The van der Waals surface area contributed by atoms with Crippen molar-refractivity contribution in [2.75, 3.05) is 0 Å². The molecule has 4 atom stereocenters. The summed E-state index contributed by atoms with van der Waals surface area (Å²) in [5.74, 6) is -1.62. The van der Waals surface area contributed by atoms with E-state index in [2.05, 4.69) is 19.3 Å². The highest BCUT2D eigenvalue weighted by Crippen LogP contribution is 2.48. The van der Waals surface area contributed by atoms with Crippen LogP contribution < -0.4 is 5.43 Å². The van der Waals surface area contributed by atoms with E-state index in [1.165, 1.54) is 0 Å². The Morgan fingerprint density at radius 1 is 1.08 bits per heavy atom. The van der Waals surface area contributed by atoms with Crippen molar-refractivity contribution in [3.8, 4) is 0 Å². The monoisotopic (exact) mass is 328 g/mol. The van der Waals surface area contributed by atoms with Crippen LogP contribution in [-0.4, -0.2) is 34.9 Å². The summed E-state index contributed by atoms with van der Waals surface area (Å²) in [4.78, 5) is 37.4. The summed E-state index contributed by atoms with van der Waals surface area (Å²) >= 11 is 0. The smallest absolute Gasteiger partial charge is 0.270 e. The molecular formula is C18H20N2O4. The van der Waals surface area contributed by atoms with Gasteiger partial charge in [-0.05, 0) is 36.5 Å². The number of rotatable bonds is 3. The van der Waals surface area contributed by atoms with Crippen molar-refractivity contribution in [1.82, 2.24) is 10.4 Å². The molecule has 0 aromatic heterocycles. The summed E-state index contributed by atoms with van der Waals surface area (Å²) in [5.41, 5.74) is 4.04. The van der Waals surface area contributed by atoms with Crippen molar-refractivity contribution >= 4 is 17.7 Å². The normalized spacial score (nSPS) is 31.0. The lowest BCUT2D eigenvalue weighted by Crippen LogP contribution is -2.47. The van der Waals surface area contributed by atoms with Gasteiger partial charge in [-0.25, -0.2) is 0 Å². The third-order valence-corrected chi connectivity index (χ3v) is 5.34. The molecule has 3 aliphatic rings. The van der Waals surface area contributed by atoms with Crippen molar-refractivity contribution in [1.29, 1.82) is 0 Å². The van der Waals surface area contributed by atoms with E-state index in [0.717, 1.165) is 23.4 Å². The van der Waals surface area contributed by atoms with Crippen LogP contribution >= 0.6 is 0 Å². The number of benzene rings is 1. The van der Waals surface area contributed by atoms with Gasteiger partial charge in [0.05, 0.1) is 24.0 Å². The van der Waals surface area contributed by atoms with Crippen molar-refractivity contribution in [2.45, 2.75) is 44.8 Å². The summed E-state index contributed by atoms with van der Waals surface area (Å²) in [7, 11) is 0. The van der Waals surface area contributed by atoms with Crippen molar-refractivity contribution in [2.24, 2.45) is 11.8 Å². The molecule has 1 N–H and O–H groups in total. The molecule has 2 bridgehead atoms. The van der Waals surface area contributed by atoms with E-state index in [0.29, 0.717) is 11.5 Å². The molecule has 6 heteroatoms. The zero-order valence-corrected chi connectivity index (χ0v) is 13.7. The highest BCUT2D eigenvalue weighted by Gasteiger charge is 2.62. The van der Waals surface area contributed by atoms with Gasteiger partial charge in [0.25, 0.3) is 17.7 Å². The predicted molar refractivity (Wildman–Crippen MR) is 84.7 cm³/mol. The maximum absolute atomic E-state index is 12.5. The summed E-state index contributed by atoms with van der Waals surface area (Å²) in [6.45, 7) is 4.15. The van der Waals surface area contributed by atoms with Gasteiger partial charge < -0.3 is 4.74 Å². The molecule has 6 nitrogen and oxygen atoms in total. The van der Waals surface area contributed by atoms with Crippen LogP contribution in [0.1, 0.15) is 48.5 Å². The molecule has 1 aromatic rings. The average molecular weight is 328 g/mol. The topological polar surface area (TPSA) is 75.7 Å². The van der Waals surface area contributed by atoms with Crippen molar-refractivity contribution in [3.63, 3.8) is 0 Å². The highest BCUT2D eigenvalue weighted by atomic mass is 16.5. The molecule has 126 valence electrons. The molecule has 3 amide bonds. The molecule has 3 fully saturated rings. The van der Waals surface area contributed by atoms with Gasteiger partial charge in [0.2, 0.25) is 0 Å². The molecule has 0 unspecified atom stereocenters. The van der Waals surface area contributed by atoms with Crippen LogP contribution in [0.15, 0.2) is 24.3 Å². The fraction of sp³-hybridized carbons (Fsp3) is 0.500. The van der Waals surface area contributed by atoms with Crippen LogP contribution in [0.2, 0.25) is 0 Å². The van der Waals surface area contributed by atoms with Gasteiger partial charge in [-0.2, -0.15) is 5.01 Å². The maximum atomic E-state index is 12.5. The fourth-order valence-corrected chi connectivity index (χ4v) is 4.01. The zero-order chi connectivity index (χ0) is 17.0. The minimum atomic E-state index is -0.444. The molecule has 0 aliphatic carbocycles. The number of carbonyl (C=O) groups is 3. The number of hydrogen-bond donors (Lipinski definition) is 1. The molecule has 1 aromatic carbocycles. The van der Waals surface area contributed by atoms with Crippen LogP contribution in [-0.2, 0) is 14.3 Å². The third kappa shape index (κ3) is 2.17. The van der Waals surface area contributed by atoms with Crippen LogP contribution in [0, 0.1) is 11.8 Å². The van der Waals surface area contributed by atoms with E-state index in [-0.39, 0.29) is 24.0 Å². The Morgan fingerprint density at radius 2 is 1.62 bits per heavy atom. The lowest BCUT2D eigenvalue weighted by atomic mass is 9.81. The first kappa shape index (κ1) is 15.3. The maximum Gasteiger partial charge on any atom is 0.270 e. The van der Waals surface area contributed by atoms with Gasteiger partial charge in [0.15, 0.2) is 0 Å². The third-order valence-electron chi connectivity index (χ3n) is 5.34. The number of fused-ring (bicyclic) bond motifs is 5. The van der Waals surface area contributed by atoms with E-state index in [4.69, 9.17) is 4.74 Å². The van der Waals surface area contributed by atoms with Gasteiger partial charge in [0.1, 0.15) is 0 Å². The minimum Gasteiger partial charge on any atom is -0.373 e. The molecular weight excluding hydrogens is 308 g/mol. The fourth-order valence-electron chi connectivity index (χ4n) is 4.01. The second-order valence-corrected chi connectivity index (χ2v) is 7.07. The first-order valence-corrected chi connectivity index (χ1v) is 8.41. The first-order valence-electron chi connectivity index (χ1n) is 8.41. The van der Waals surface area contributed by atoms with Crippen LogP contribution in [0.5, 0.6) is 0 Å². The average Bonchev–Trinajstić information content (AvgIpc) is 3.24. The largest absolute Gasteiger partial charge is 0.373 e. The number of hydrogen-bond acceptors (Lipinski definition) is 4. The molecule has 3 saturated heterocycles. The standard InChI is InChI=1S/C18H20N2O4/c1-9(2)10-3-5-11(6-4-10)16(21)19-20-17(22)14-12-7-8-13(24-12)15(14)18(20)23/h3-6,9,12-15H,7-8H2,1-2H3,(H,19,21)/t12-,13+,14-,15-/m0/s1. The van der Waals surface area contributed by atoms with E-state index < -0.39 is 17.7 Å².